The standard InChI is InChI=1S/C7H5FNOS/c8-6-4-2-1-3-5(6)7(10)9-11/h1-4,11H/q+1. The Bertz CT molecular complexity index is 277. The Kier molecular flexibility index (Phi) is 2.62. The number of halogens is 1. The maximum Gasteiger partial charge on any atom is 0.471 e. The number of thiol groups is 1. The molecule has 1 rings (SSSR count). The van der Waals surface area contributed by atoms with Crippen molar-refractivity contribution in [3.63, 3.8) is 0 Å². The number of rotatable bonds is 1. The average Bonchev–Trinajstić information content (AvgIpc) is 2.04. The Morgan fingerprint density at radius 1 is 1.45 bits per heavy atom. The van der Waals surface area contributed by atoms with Crippen molar-refractivity contribution < 1.29 is 9.18 Å². The van der Waals surface area contributed by atoms with Crippen molar-refractivity contribution in [2.75, 3.05) is 0 Å². The van der Waals surface area contributed by atoms with Crippen molar-refractivity contribution in [2.24, 2.45) is 0 Å². The van der Waals surface area contributed by atoms with Crippen molar-refractivity contribution in [1.82, 2.24) is 4.72 Å². The summed E-state index contributed by atoms with van der Waals surface area (Å²) in [7, 11) is 0. The molecule has 0 heterocycles. The van der Waals surface area contributed by atoms with Crippen LogP contribution in [0.2, 0.25) is 0 Å². The van der Waals surface area contributed by atoms with E-state index in [1.165, 1.54) is 18.2 Å². The fourth-order valence-electron chi connectivity index (χ4n) is 0.689. The third kappa shape index (κ3) is 1.78. The monoisotopic (exact) mass is 170 g/mol. The highest BCUT2D eigenvalue weighted by molar-refractivity contribution is 7.78. The zero-order valence-corrected chi connectivity index (χ0v) is 6.38. The lowest BCUT2D eigenvalue weighted by Crippen LogP contribution is -2.08. The molecule has 0 fully saturated rings. The summed E-state index contributed by atoms with van der Waals surface area (Å²) < 4.78 is 15.7. The van der Waals surface area contributed by atoms with Gasteiger partial charge in [-0.15, -0.1) is 0 Å². The molecule has 1 aromatic rings. The molecule has 2 nitrogen and oxygen atoms in total. The molecule has 1 amide bonds. The first-order valence-electron chi connectivity index (χ1n) is 2.89. The largest absolute Gasteiger partial charge is 0.471 e. The number of benzene rings is 1. The molecule has 56 valence electrons. The summed E-state index contributed by atoms with van der Waals surface area (Å²) in [4.78, 5) is 10.8. The quantitative estimate of drug-likeness (QED) is 0.635. The highest BCUT2D eigenvalue weighted by Gasteiger charge is 2.21. The van der Waals surface area contributed by atoms with Gasteiger partial charge in [-0.05, 0) is 12.1 Å². The van der Waals surface area contributed by atoms with Gasteiger partial charge in [0.2, 0.25) is 4.72 Å². The fraction of sp³-hybridized carbons (Fsp3) is 0. The molecule has 0 aliphatic rings. The molecule has 1 aromatic carbocycles. The Hall–Kier alpha value is -0.870. The molecule has 2 radical (unpaired) electrons. The summed E-state index contributed by atoms with van der Waals surface area (Å²) in [6.45, 7) is 0. The molecule has 0 bridgehead atoms. The summed E-state index contributed by atoms with van der Waals surface area (Å²) in [5, 5.41) is 0. The van der Waals surface area contributed by atoms with Crippen molar-refractivity contribution in [2.45, 2.75) is 0 Å². The van der Waals surface area contributed by atoms with E-state index in [2.05, 4.69) is 17.5 Å². The smallest absolute Gasteiger partial charge is 0.212 e. The second kappa shape index (κ2) is 3.50. The van der Waals surface area contributed by atoms with Crippen LogP contribution in [0.1, 0.15) is 10.4 Å². The summed E-state index contributed by atoms with van der Waals surface area (Å²) in [6.07, 6.45) is 0. The van der Waals surface area contributed by atoms with Gasteiger partial charge in [-0.3, -0.25) is 0 Å². The first-order chi connectivity index (χ1) is 5.25. The highest BCUT2D eigenvalue weighted by Crippen LogP contribution is 2.06. The van der Waals surface area contributed by atoms with Gasteiger partial charge < -0.3 is 0 Å². The minimum Gasteiger partial charge on any atom is -0.212 e. The van der Waals surface area contributed by atoms with E-state index in [0.717, 1.165) is 0 Å². The second-order valence-electron chi connectivity index (χ2n) is 1.88. The lowest BCUT2D eigenvalue weighted by atomic mass is 10.2. The van der Waals surface area contributed by atoms with Crippen LogP contribution >= 0.6 is 12.8 Å². The average molecular weight is 170 g/mol. The van der Waals surface area contributed by atoms with E-state index in [-0.39, 0.29) is 5.56 Å². The summed E-state index contributed by atoms with van der Waals surface area (Å²) >= 11 is 3.38. The van der Waals surface area contributed by atoms with Crippen molar-refractivity contribution in [1.29, 1.82) is 0 Å². The van der Waals surface area contributed by atoms with Gasteiger partial charge in [-0.2, -0.15) is 0 Å². The predicted molar refractivity (Wildman–Crippen MR) is 41.9 cm³/mol. The molecule has 0 N–H and O–H groups in total. The maximum absolute atomic E-state index is 12.7. The number of carbonyl (C=O) groups excluding carboxylic acids is 1. The van der Waals surface area contributed by atoms with Gasteiger partial charge in [-0.25, -0.2) is 9.18 Å². The first kappa shape index (κ1) is 8.23. The van der Waals surface area contributed by atoms with Gasteiger partial charge in [0.1, 0.15) is 11.4 Å². The molecule has 0 saturated heterocycles. The summed E-state index contributed by atoms with van der Waals surface area (Å²) in [5.41, 5.74) is -0.0532. The highest BCUT2D eigenvalue weighted by atomic mass is 32.1. The minimum atomic E-state index is -0.661. The molecule has 11 heavy (non-hydrogen) atoms. The van der Waals surface area contributed by atoms with Crippen LogP contribution in [0.5, 0.6) is 0 Å². The summed E-state index contributed by atoms with van der Waals surface area (Å²) in [6, 6.07) is 5.63. The van der Waals surface area contributed by atoms with Gasteiger partial charge in [0.05, 0.1) is 0 Å². The third-order valence-corrected chi connectivity index (χ3v) is 1.38. The maximum atomic E-state index is 12.7. The molecule has 0 aliphatic heterocycles. The number of amides is 1. The van der Waals surface area contributed by atoms with Crippen LogP contribution in [0.3, 0.4) is 0 Å². The van der Waals surface area contributed by atoms with Crippen molar-refractivity contribution in [3.05, 3.63) is 35.6 Å². The number of hydrogen-bond donors (Lipinski definition) is 1. The molecule has 0 aliphatic carbocycles. The van der Waals surface area contributed by atoms with E-state index in [0.29, 0.717) is 0 Å². The molecule has 0 spiro atoms. The van der Waals surface area contributed by atoms with Crippen LogP contribution in [0.25, 0.3) is 0 Å². The van der Waals surface area contributed by atoms with Gasteiger partial charge in [0.25, 0.3) is 0 Å². The van der Waals surface area contributed by atoms with Crippen LogP contribution < -0.4 is 4.72 Å². The van der Waals surface area contributed by atoms with Crippen molar-refractivity contribution in [3.8, 4) is 0 Å². The van der Waals surface area contributed by atoms with Crippen LogP contribution in [0.15, 0.2) is 24.3 Å². The number of nitrogens with zero attached hydrogens (tertiary/aromatic N) is 1. The number of hydrogen-bond acceptors (Lipinski definition) is 2. The Balaban J connectivity index is 3.03. The van der Waals surface area contributed by atoms with E-state index < -0.39 is 11.7 Å². The zero-order valence-electron chi connectivity index (χ0n) is 5.49. The van der Waals surface area contributed by atoms with E-state index in [1.54, 1.807) is 6.07 Å². The normalized spacial score (nSPS) is 9.64. The van der Waals surface area contributed by atoms with E-state index in [9.17, 15) is 9.18 Å². The van der Waals surface area contributed by atoms with Crippen LogP contribution in [0, 0.1) is 5.82 Å². The van der Waals surface area contributed by atoms with Gasteiger partial charge in [-0.1, -0.05) is 12.1 Å². The van der Waals surface area contributed by atoms with E-state index >= 15 is 0 Å². The van der Waals surface area contributed by atoms with Crippen LogP contribution in [0.4, 0.5) is 4.39 Å². The fourth-order valence-corrected chi connectivity index (χ4v) is 0.796. The lowest BCUT2D eigenvalue weighted by molar-refractivity contribution is 0.0978. The molecular weight excluding hydrogens is 165 g/mol. The van der Waals surface area contributed by atoms with Gasteiger partial charge in [0.15, 0.2) is 12.8 Å². The molecule has 0 unspecified atom stereocenters. The van der Waals surface area contributed by atoms with Crippen LogP contribution in [-0.2, 0) is 0 Å². The minimum absolute atomic E-state index is 0.0532. The molecular formula is C7H5FNOS+. The van der Waals surface area contributed by atoms with E-state index in [1.807, 2.05) is 0 Å². The second-order valence-corrected chi connectivity index (χ2v) is 2.08. The Labute approximate surface area is 69.0 Å². The number of carbonyl (C=O) groups is 1. The summed E-state index contributed by atoms with van der Waals surface area (Å²) in [5.74, 6) is -1.23. The molecule has 0 atom stereocenters. The van der Waals surface area contributed by atoms with Gasteiger partial charge >= 0.3 is 5.91 Å². The first-order valence-corrected chi connectivity index (χ1v) is 3.29. The van der Waals surface area contributed by atoms with E-state index in [4.69, 9.17) is 0 Å². The topological polar surface area (TPSA) is 31.2 Å². The Morgan fingerprint density at radius 3 is 2.64 bits per heavy atom. The van der Waals surface area contributed by atoms with Crippen molar-refractivity contribution >= 4 is 18.7 Å². The molecule has 0 saturated carbocycles. The molecule has 4 heteroatoms. The SMILES string of the molecule is O=C([N+]S)c1ccccc1F. The van der Waals surface area contributed by atoms with Crippen LogP contribution in [-0.4, -0.2) is 5.91 Å². The lowest BCUT2D eigenvalue weighted by Gasteiger charge is -1.89. The molecule has 0 aromatic heterocycles. The Morgan fingerprint density at radius 2 is 2.09 bits per heavy atom. The third-order valence-electron chi connectivity index (χ3n) is 1.20. The predicted octanol–water partition coefficient (Wildman–Crippen LogP) is 1.42. The zero-order chi connectivity index (χ0) is 8.27. The van der Waals surface area contributed by atoms with Gasteiger partial charge in [0, 0.05) is 0 Å².